The molecule has 1 unspecified atom stereocenters. The molecule has 0 fully saturated rings. The van der Waals surface area contributed by atoms with Crippen LogP contribution in [0.5, 0.6) is 0 Å². The van der Waals surface area contributed by atoms with E-state index in [9.17, 15) is 19.1 Å². The lowest BCUT2D eigenvalue weighted by molar-refractivity contribution is -0.142. The number of halogens is 1. The zero-order valence-electron chi connectivity index (χ0n) is 11.3. The molecule has 6 nitrogen and oxygen atoms in total. The fraction of sp³-hybridized carbons (Fsp3) is 0.214. The van der Waals surface area contributed by atoms with Crippen LogP contribution in [0.3, 0.4) is 0 Å². The molecule has 7 heteroatoms. The third kappa shape index (κ3) is 3.88. The SMILES string of the molecule is Cn1cc(C(NC(=O)Cc2cccc(F)c2)C(=O)O)cn1. The van der Waals surface area contributed by atoms with Crippen LogP contribution in [0.1, 0.15) is 17.2 Å². The Bertz CT molecular complexity index is 669. The first-order chi connectivity index (χ1) is 9.95. The Morgan fingerprint density at radius 1 is 1.48 bits per heavy atom. The highest BCUT2D eigenvalue weighted by Gasteiger charge is 2.23. The van der Waals surface area contributed by atoms with E-state index in [0.29, 0.717) is 11.1 Å². The first-order valence-electron chi connectivity index (χ1n) is 6.21. The minimum Gasteiger partial charge on any atom is -0.479 e. The van der Waals surface area contributed by atoms with Gasteiger partial charge >= 0.3 is 5.97 Å². The van der Waals surface area contributed by atoms with Crippen molar-refractivity contribution in [1.82, 2.24) is 15.1 Å². The number of aliphatic carboxylic acids is 1. The molecule has 1 aromatic heterocycles. The number of hydrogen-bond donors (Lipinski definition) is 2. The average Bonchev–Trinajstić information content (AvgIpc) is 2.82. The summed E-state index contributed by atoms with van der Waals surface area (Å²) in [5.41, 5.74) is 0.848. The van der Waals surface area contributed by atoms with Crippen LogP contribution in [0.4, 0.5) is 4.39 Å². The van der Waals surface area contributed by atoms with E-state index >= 15 is 0 Å². The lowest BCUT2D eigenvalue weighted by atomic mass is 10.1. The molecule has 2 rings (SSSR count). The highest BCUT2D eigenvalue weighted by molar-refractivity contribution is 5.85. The second-order valence-electron chi connectivity index (χ2n) is 4.59. The van der Waals surface area contributed by atoms with Gasteiger partial charge in [-0.25, -0.2) is 9.18 Å². The number of nitrogens with zero attached hydrogens (tertiary/aromatic N) is 2. The van der Waals surface area contributed by atoms with E-state index < -0.39 is 23.7 Å². The molecule has 1 amide bonds. The molecule has 2 aromatic rings. The van der Waals surface area contributed by atoms with Crippen LogP contribution in [0.25, 0.3) is 0 Å². The lowest BCUT2D eigenvalue weighted by Crippen LogP contribution is -2.34. The van der Waals surface area contributed by atoms with Gasteiger partial charge in [0.05, 0.1) is 12.6 Å². The summed E-state index contributed by atoms with van der Waals surface area (Å²) in [5.74, 6) is -2.13. The van der Waals surface area contributed by atoms with Crippen molar-refractivity contribution in [2.45, 2.75) is 12.5 Å². The molecule has 2 N–H and O–H groups in total. The summed E-state index contributed by atoms with van der Waals surface area (Å²) in [6, 6.07) is 4.42. The van der Waals surface area contributed by atoms with Gasteiger partial charge in [-0.1, -0.05) is 12.1 Å². The summed E-state index contributed by atoms with van der Waals surface area (Å²) in [5, 5.41) is 15.5. The van der Waals surface area contributed by atoms with Crippen LogP contribution < -0.4 is 5.32 Å². The van der Waals surface area contributed by atoms with Gasteiger partial charge in [-0.2, -0.15) is 5.10 Å². The van der Waals surface area contributed by atoms with E-state index in [2.05, 4.69) is 10.4 Å². The summed E-state index contributed by atoms with van der Waals surface area (Å²) in [7, 11) is 1.65. The number of benzene rings is 1. The molecule has 1 atom stereocenters. The Morgan fingerprint density at radius 2 is 2.24 bits per heavy atom. The van der Waals surface area contributed by atoms with Crippen LogP contribution in [0.2, 0.25) is 0 Å². The fourth-order valence-electron chi connectivity index (χ4n) is 1.92. The van der Waals surface area contributed by atoms with Crippen molar-refractivity contribution in [2.24, 2.45) is 7.05 Å². The smallest absolute Gasteiger partial charge is 0.331 e. The number of carboxylic acids is 1. The number of aryl methyl sites for hydroxylation is 1. The van der Waals surface area contributed by atoms with Gasteiger partial charge in [0.2, 0.25) is 5.91 Å². The van der Waals surface area contributed by atoms with E-state index in [1.54, 1.807) is 13.1 Å². The minimum absolute atomic E-state index is 0.0954. The maximum Gasteiger partial charge on any atom is 0.331 e. The summed E-state index contributed by atoms with van der Waals surface area (Å²) in [6.45, 7) is 0. The van der Waals surface area contributed by atoms with Gasteiger partial charge < -0.3 is 10.4 Å². The summed E-state index contributed by atoms with van der Waals surface area (Å²) in [4.78, 5) is 23.1. The third-order valence-corrected chi connectivity index (χ3v) is 2.86. The van der Waals surface area contributed by atoms with Gasteiger partial charge in [-0.15, -0.1) is 0 Å². The van der Waals surface area contributed by atoms with Crippen molar-refractivity contribution in [3.63, 3.8) is 0 Å². The molecule has 0 aliphatic carbocycles. The zero-order valence-corrected chi connectivity index (χ0v) is 11.3. The normalized spacial score (nSPS) is 11.9. The molecule has 0 spiro atoms. The van der Waals surface area contributed by atoms with Crippen molar-refractivity contribution < 1.29 is 19.1 Å². The molecule has 21 heavy (non-hydrogen) atoms. The number of amides is 1. The van der Waals surface area contributed by atoms with E-state index in [0.717, 1.165) is 0 Å². The van der Waals surface area contributed by atoms with Crippen molar-refractivity contribution in [3.05, 3.63) is 53.6 Å². The molecule has 0 bridgehead atoms. The minimum atomic E-state index is -1.18. The lowest BCUT2D eigenvalue weighted by Gasteiger charge is -2.12. The number of nitrogens with one attached hydrogen (secondary N) is 1. The molecule has 0 saturated carbocycles. The highest BCUT2D eigenvalue weighted by Crippen LogP contribution is 2.12. The van der Waals surface area contributed by atoms with E-state index in [-0.39, 0.29) is 6.42 Å². The number of carboxylic acid groups (broad SMARTS) is 1. The van der Waals surface area contributed by atoms with E-state index in [1.807, 2.05) is 0 Å². The number of hydrogen-bond acceptors (Lipinski definition) is 3. The maximum absolute atomic E-state index is 13.0. The molecule has 0 aliphatic rings. The second-order valence-corrected chi connectivity index (χ2v) is 4.59. The molecular weight excluding hydrogens is 277 g/mol. The quantitative estimate of drug-likeness (QED) is 0.862. The van der Waals surface area contributed by atoms with Crippen LogP contribution in [-0.2, 0) is 23.1 Å². The van der Waals surface area contributed by atoms with Gasteiger partial charge in [0.1, 0.15) is 5.82 Å². The van der Waals surface area contributed by atoms with Gasteiger partial charge in [0, 0.05) is 18.8 Å². The Hall–Kier alpha value is -2.70. The predicted molar refractivity (Wildman–Crippen MR) is 71.8 cm³/mol. The first-order valence-corrected chi connectivity index (χ1v) is 6.21. The standard InChI is InChI=1S/C14H14FN3O3/c1-18-8-10(7-16-18)13(14(20)21)17-12(19)6-9-3-2-4-11(15)5-9/h2-5,7-8,13H,6H2,1H3,(H,17,19)(H,20,21). The number of carbonyl (C=O) groups is 2. The first kappa shape index (κ1) is 14.7. The van der Waals surface area contributed by atoms with Crippen LogP contribution >= 0.6 is 0 Å². The Morgan fingerprint density at radius 3 is 2.81 bits per heavy atom. The maximum atomic E-state index is 13.0. The topological polar surface area (TPSA) is 84.2 Å². The molecule has 1 heterocycles. The molecule has 0 radical (unpaired) electrons. The Kier molecular flexibility index (Phi) is 4.32. The number of rotatable bonds is 5. The average molecular weight is 291 g/mol. The summed E-state index contributed by atoms with van der Waals surface area (Å²) < 4.78 is 14.5. The number of aromatic nitrogens is 2. The second kappa shape index (κ2) is 6.17. The largest absolute Gasteiger partial charge is 0.479 e. The zero-order chi connectivity index (χ0) is 15.4. The summed E-state index contributed by atoms with van der Waals surface area (Å²) >= 11 is 0. The summed E-state index contributed by atoms with van der Waals surface area (Å²) in [6.07, 6.45) is 2.80. The van der Waals surface area contributed by atoms with E-state index in [1.165, 1.54) is 35.3 Å². The fourth-order valence-corrected chi connectivity index (χ4v) is 1.92. The molecule has 0 saturated heterocycles. The third-order valence-electron chi connectivity index (χ3n) is 2.86. The van der Waals surface area contributed by atoms with Crippen LogP contribution in [-0.4, -0.2) is 26.8 Å². The molecule has 110 valence electrons. The number of carbonyl (C=O) groups excluding carboxylic acids is 1. The van der Waals surface area contributed by atoms with Crippen molar-refractivity contribution in [1.29, 1.82) is 0 Å². The van der Waals surface area contributed by atoms with Gasteiger partial charge in [0.25, 0.3) is 0 Å². The Balaban J connectivity index is 2.07. The van der Waals surface area contributed by atoms with Crippen molar-refractivity contribution in [3.8, 4) is 0 Å². The molecule has 0 aliphatic heterocycles. The van der Waals surface area contributed by atoms with Crippen LogP contribution in [0.15, 0.2) is 36.7 Å². The molecule has 1 aromatic carbocycles. The van der Waals surface area contributed by atoms with Gasteiger partial charge in [-0.05, 0) is 17.7 Å². The molecular formula is C14H14FN3O3. The Labute approximate surface area is 120 Å². The monoisotopic (exact) mass is 291 g/mol. The van der Waals surface area contributed by atoms with E-state index in [4.69, 9.17) is 0 Å². The van der Waals surface area contributed by atoms with Crippen molar-refractivity contribution in [2.75, 3.05) is 0 Å². The van der Waals surface area contributed by atoms with Crippen LogP contribution in [0, 0.1) is 5.82 Å². The predicted octanol–water partition coefficient (Wildman–Crippen LogP) is 1.04. The van der Waals surface area contributed by atoms with Gasteiger partial charge in [0.15, 0.2) is 6.04 Å². The van der Waals surface area contributed by atoms with Gasteiger partial charge in [-0.3, -0.25) is 9.48 Å². The van der Waals surface area contributed by atoms with Crippen molar-refractivity contribution >= 4 is 11.9 Å². The highest BCUT2D eigenvalue weighted by atomic mass is 19.1.